The van der Waals surface area contributed by atoms with Crippen molar-refractivity contribution in [1.82, 2.24) is 14.1 Å². The van der Waals surface area contributed by atoms with Crippen molar-refractivity contribution in [2.24, 2.45) is 14.1 Å². The van der Waals surface area contributed by atoms with E-state index in [0.717, 1.165) is 12.1 Å². The van der Waals surface area contributed by atoms with Crippen LogP contribution in [0.5, 0.6) is 0 Å². The third-order valence-electron chi connectivity index (χ3n) is 6.51. The van der Waals surface area contributed by atoms with Gasteiger partial charge in [-0.05, 0) is 35.7 Å². The van der Waals surface area contributed by atoms with Crippen molar-refractivity contribution in [3.05, 3.63) is 89.6 Å². The quantitative estimate of drug-likeness (QED) is 0.342. The number of para-hydroxylation sites is 3. The second-order valence-electron chi connectivity index (χ2n) is 8.31. The molecule has 0 bridgehead atoms. The van der Waals surface area contributed by atoms with Gasteiger partial charge in [-0.3, -0.25) is 0 Å². The number of pyridine rings is 1. The highest BCUT2D eigenvalue weighted by atomic mass is 15.0. The lowest BCUT2D eigenvalue weighted by molar-refractivity contribution is 0.979. The number of aryl methyl sites for hydroxylation is 3. The Morgan fingerprint density at radius 1 is 0.733 bits per heavy atom. The zero-order valence-electron chi connectivity index (χ0n) is 17.5. The Hall–Kier alpha value is -3.59. The fraction of sp³-hybridized carbons (Fsp3) is 0.148. The minimum absolute atomic E-state index is 0.868. The van der Waals surface area contributed by atoms with Crippen LogP contribution in [0.25, 0.3) is 43.7 Å². The third kappa shape index (κ3) is 2.29. The number of hydrogen-bond acceptors (Lipinski definition) is 1. The van der Waals surface area contributed by atoms with Crippen LogP contribution < -0.4 is 0 Å². The number of fused-ring (bicyclic) bond motifs is 6. The fourth-order valence-electron chi connectivity index (χ4n) is 5.17. The Morgan fingerprint density at radius 2 is 1.47 bits per heavy atom. The van der Waals surface area contributed by atoms with Crippen molar-refractivity contribution in [3.63, 3.8) is 0 Å². The summed E-state index contributed by atoms with van der Waals surface area (Å²) >= 11 is 0. The van der Waals surface area contributed by atoms with Crippen LogP contribution in [0.1, 0.15) is 16.7 Å². The average molecular weight is 390 g/mol. The van der Waals surface area contributed by atoms with Crippen LogP contribution >= 0.6 is 0 Å². The standard InChI is InChI=1S/C27H23N3/c1-17-8-6-11-22-23-15-18(16-28-27(23)30(3)25(17)22)14-19-9-7-12-21-20-10-4-5-13-24(20)29(2)26(19)21/h4-13,15-16H,14H2,1-3H3. The summed E-state index contributed by atoms with van der Waals surface area (Å²) in [6.07, 6.45) is 2.91. The smallest absolute Gasteiger partial charge is 0.140 e. The van der Waals surface area contributed by atoms with Crippen LogP contribution in [0, 0.1) is 6.92 Å². The van der Waals surface area contributed by atoms with Gasteiger partial charge in [0.1, 0.15) is 5.65 Å². The minimum atomic E-state index is 0.868. The zero-order valence-corrected chi connectivity index (χ0v) is 17.5. The van der Waals surface area contributed by atoms with Crippen LogP contribution in [0.3, 0.4) is 0 Å². The summed E-state index contributed by atoms with van der Waals surface area (Å²) in [5.41, 5.74) is 8.78. The van der Waals surface area contributed by atoms with Gasteiger partial charge < -0.3 is 9.13 Å². The fourth-order valence-corrected chi connectivity index (χ4v) is 5.17. The van der Waals surface area contributed by atoms with E-state index in [1.54, 1.807) is 0 Å². The monoisotopic (exact) mass is 389 g/mol. The largest absolute Gasteiger partial charge is 0.343 e. The summed E-state index contributed by atoms with van der Waals surface area (Å²) < 4.78 is 4.54. The van der Waals surface area contributed by atoms with Crippen molar-refractivity contribution >= 4 is 43.7 Å². The summed E-state index contributed by atoms with van der Waals surface area (Å²) in [4.78, 5) is 4.86. The molecule has 146 valence electrons. The van der Waals surface area contributed by atoms with E-state index in [4.69, 9.17) is 4.98 Å². The summed E-state index contributed by atoms with van der Waals surface area (Å²) in [6, 6.07) is 24.1. The van der Waals surface area contributed by atoms with Gasteiger partial charge in [-0.25, -0.2) is 4.98 Å². The maximum Gasteiger partial charge on any atom is 0.140 e. The van der Waals surface area contributed by atoms with E-state index in [1.807, 2.05) is 6.20 Å². The molecule has 0 atom stereocenters. The normalized spacial score (nSPS) is 12.0. The first-order valence-corrected chi connectivity index (χ1v) is 10.4. The molecule has 0 N–H and O–H groups in total. The predicted molar refractivity (Wildman–Crippen MR) is 126 cm³/mol. The van der Waals surface area contributed by atoms with E-state index >= 15 is 0 Å². The molecule has 30 heavy (non-hydrogen) atoms. The lowest BCUT2D eigenvalue weighted by Gasteiger charge is -2.07. The number of hydrogen-bond donors (Lipinski definition) is 0. The van der Waals surface area contributed by atoms with Crippen LogP contribution in [0.15, 0.2) is 72.9 Å². The molecule has 0 radical (unpaired) electrons. The SMILES string of the molecule is Cc1cccc2c3cc(Cc4cccc5c6ccccc6n(C)c45)cnc3n(C)c12. The van der Waals surface area contributed by atoms with Gasteiger partial charge in [-0.15, -0.1) is 0 Å². The number of rotatable bonds is 2. The molecule has 0 spiro atoms. The zero-order chi connectivity index (χ0) is 20.4. The molecule has 0 fully saturated rings. The molecular formula is C27H23N3. The van der Waals surface area contributed by atoms with Gasteiger partial charge in [0.2, 0.25) is 0 Å². The molecule has 3 heteroatoms. The van der Waals surface area contributed by atoms with Gasteiger partial charge in [-0.1, -0.05) is 54.6 Å². The molecule has 3 nitrogen and oxygen atoms in total. The number of nitrogens with zero attached hydrogens (tertiary/aromatic N) is 3. The van der Waals surface area contributed by atoms with E-state index in [0.29, 0.717) is 0 Å². The van der Waals surface area contributed by atoms with Crippen molar-refractivity contribution in [2.45, 2.75) is 13.3 Å². The second-order valence-corrected chi connectivity index (χ2v) is 8.31. The van der Waals surface area contributed by atoms with Gasteiger partial charge in [0.15, 0.2) is 0 Å². The van der Waals surface area contributed by atoms with Crippen LogP contribution in [0.2, 0.25) is 0 Å². The molecule has 0 saturated carbocycles. The Balaban J connectivity index is 1.55. The first-order chi connectivity index (χ1) is 14.6. The number of benzene rings is 3. The van der Waals surface area contributed by atoms with Crippen LogP contribution in [-0.4, -0.2) is 14.1 Å². The predicted octanol–water partition coefficient (Wildman–Crippen LogP) is 6.27. The summed E-state index contributed by atoms with van der Waals surface area (Å²) in [5, 5.41) is 5.15. The highest BCUT2D eigenvalue weighted by Crippen LogP contribution is 2.33. The van der Waals surface area contributed by atoms with Gasteiger partial charge in [0, 0.05) is 53.8 Å². The lowest BCUT2D eigenvalue weighted by atomic mass is 10.0. The molecule has 0 saturated heterocycles. The van der Waals surface area contributed by atoms with Gasteiger partial charge in [0.25, 0.3) is 0 Å². The van der Waals surface area contributed by atoms with Crippen LogP contribution in [-0.2, 0) is 20.5 Å². The molecule has 3 aromatic carbocycles. The first kappa shape index (κ1) is 17.3. The first-order valence-electron chi connectivity index (χ1n) is 10.4. The summed E-state index contributed by atoms with van der Waals surface area (Å²) in [5.74, 6) is 0. The van der Waals surface area contributed by atoms with E-state index in [9.17, 15) is 0 Å². The molecule has 0 aliphatic rings. The number of aromatic nitrogens is 3. The molecule has 6 aromatic rings. The molecule has 0 amide bonds. The molecule has 3 heterocycles. The van der Waals surface area contributed by atoms with Gasteiger partial charge in [0.05, 0.1) is 11.0 Å². The molecule has 0 aliphatic heterocycles. The highest BCUT2D eigenvalue weighted by molar-refractivity contribution is 6.09. The van der Waals surface area contributed by atoms with Crippen LogP contribution in [0.4, 0.5) is 0 Å². The Labute approximate surface area is 175 Å². The Bertz CT molecular complexity index is 1600. The maximum atomic E-state index is 4.86. The average Bonchev–Trinajstić information content (AvgIpc) is 3.22. The highest BCUT2D eigenvalue weighted by Gasteiger charge is 2.14. The minimum Gasteiger partial charge on any atom is -0.343 e. The maximum absolute atomic E-state index is 4.86. The summed E-state index contributed by atoms with van der Waals surface area (Å²) in [7, 11) is 4.28. The molecule has 0 unspecified atom stereocenters. The van der Waals surface area contributed by atoms with Crippen molar-refractivity contribution in [3.8, 4) is 0 Å². The topological polar surface area (TPSA) is 22.8 Å². The molecule has 3 aromatic heterocycles. The molecular weight excluding hydrogens is 366 g/mol. The lowest BCUT2D eigenvalue weighted by Crippen LogP contribution is -1.96. The van der Waals surface area contributed by atoms with E-state index in [2.05, 4.69) is 96.9 Å². The molecule has 0 aliphatic carbocycles. The van der Waals surface area contributed by atoms with Gasteiger partial charge in [-0.2, -0.15) is 0 Å². The Morgan fingerprint density at radius 3 is 2.33 bits per heavy atom. The van der Waals surface area contributed by atoms with Crippen molar-refractivity contribution < 1.29 is 0 Å². The van der Waals surface area contributed by atoms with E-state index < -0.39 is 0 Å². The van der Waals surface area contributed by atoms with E-state index in [1.165, 1.54) is 54.8 Å². The van der Waals surface area contributed by atoms with E-state index in [-0.39, 0.29) is 0 Å². The second kappa shape index (κ2) is 6.20. The summed E-state index contributed by atoms with van der Waals surface area (Å²) in [6.45, 7) is 2.17. The van der Waals surface area contributed by atoms with Crippen molar-refractivity contribution in [2.75, 3.05) is 0 Å². The third-order valence-corrected chi connectivity index (χ3v) is 6.51. The Kier molecular flexibility index (Phi) is 3.57. The molecule has 6 rings (SSSR count). The van der Waals surface area contributed by atoms with Gasteiger partial charge >= 0.3 is 0 Å². The van der Waals surface area contributed by atoms with Crippen molar-refractivity contribution in [1.29, 1.82) is 0 Å².